The molecule has 5 heteroatoms. The Bertz CT molecular complexity index is 742. The van der Waals surface area contributed by atoms with Gasteiger partial charge in [0.2, 0.25) is 0 Å². The number of fused-ring (bicyclic) bond motifs is 1. The van der Waals surface area contributed by atoms with E-state index in [0.29, 0.717) is 6.04 Å². The summed E-state index contributed by atoms with van der Waals surface area (Å²) in [5.41, 5.74) is 4.02. The molecule has 0 radical (unpaired) electrons. The van der Waals surface area contributed by atoms with Crippen molar-refractivity contribution in [2.75, 3.05) is 6.54 Å². The first-order valence-corrected chi connectivity index (χ1v) is 10.3. The standard InChI is InChI=1S/C17H18N2S3/c1-2-15-14-5-8-21-16(14)3-6-19(15)9-13-11-22-17(18-13)12-4-7-20-10-12/h4-5,7-8,10-11,15H,2-3,6,9H2,1H3. The first kappa shape index (κ1) is 14.6. The molecular weight excluding hydrogens is 328 g/mol. The van der Waals surface area contributed by atoms with Gasteiger partial charge in [-0.1, -0.05) is 6.92 Å². The lowest BCUT2D eigenvalue weighted by Crippen LogP contribution is -2.34. The zero-order valence-corrected chi connectivity index (χ0v) is 14.9. The molecule has 0 fully saturated rings. The summed E-state index contributed by atoms with van der Waals surface area (Å²) in [7, 11) is 0. The predicted molar refractivity (Wildman–Crippen MR) is 96.9 cm³/mol. The number of hydrogen-bond donors (Lipinski definition) is 0. The monoisotopic (exact) mass is 346 g/mol. The summed E-state index contributed by atoms with van der Waals surface area (Å²) >= 11 is 5.41. The summed E-state index contributed by atoms with van der Waals surface area (Å²) < 4.78 is 0. The van der Waals surface area contributed by atoms with Crippen LogP contribution in [0.25, 0.3) is 10.6 Å². The molecule has 1 atom stereocenters. The Morgan fingerprint density at radius 3 is 3.00 bits per heavy atom. The lowest BCUT2D eigenvalue weighted by Gasteiger charge is -2.34. The van der Waals surface area contributed by atoms with Gasteiger partial charge in [-0.25, -0.2) is 4.98 Å². The first-order valence-electron chi connectivity index (χ1n) is 7.62. The quantitative estimate of drug-likeness (QED) is 0.625. The zero-order chi connectivity index (χ0) is 14.9. The number of thiophene rings is 2. The predicted octanol–water partition coefficient (Wildman–Crippen LogP) is 5.44. The van der Waals surface area contributed by atoms with Crippen LogP contribution in [0.15, 0.2) is 33.7 Å². The summed E-state index contributed by atoms with van der Waals surface area (Å²) in [5.74, 6) is 0. The molecule has 3 aromatic rings. The molecule has 1 aliphatic heterocycles. The van der Waals surface area contributed by atoms with Crippen molar-refractivity contribution in [2.24, 2.45) is 0 Å². The van der Waals surface area contributed by atoms with Crippen LogP contribution >= 0.6 is 34.0 Å². The van der Waals surface area contributed by atoms with E-state index in [4.69, 9.17) is 4.98 Å². The SMILES string of the molecule is CCC1c2ccsc2CCN1Cc1csc(-c2ccsc2)n1. The second-order valence-corrected chi connectivity index (χ2v) is 8.24. The molecule has 0 aliphatic carbocycles. The van der Waals surface area contributed by atoms with Crippen molar-refractivity contribution in [1.82, 2.24) is 9.88 Å². The minimum Gasteiger partial charge on any atom is -0.290 e. The van der Waals surface area contributed by atoms with Crippen molar-refractivity contribution >= 4 is 34.0 Å². The van der Waals surface area contributed by atoms with Crippen LogP contribution in [0.5, 0.6) is 0 Å². The minimum absolute atomic E-state index is 0.557. The number of thiazole rings is 1. The molecular formula is C17H18N2S3. The number of aromatic nitrogens is 1. The smallest absolute Gasteiger partial charge is 0.124 e. The summed E-state index contributed by atoms with van der Waals surface area (Å²) in [6.45, 7) is 4.41. The van der Waals surface area contributed by atoms with E-state index in [1.54, 1.807) is 33.1 Å². The van der Waals surface area contributed by atoms with Crippen molar-refractivity contribution in [3.05, 3.63) is 49.8 Å². The lowest BCUT2D eigenvalue weighted by atomic mass is 9.98. The van der Waals surface area contributed by atoms with E-state index in [1.165, 1.54) is 24.1 Å². The van der Waals surface area contributed by atoms with Gasteiger partial charge in [-0.05, 0) is 41.3 Å². The van der Waals surface area contributed by atoms with Crippen LogP contribution in [-0.2, 0) is 13.0 Å². The van der Waals surface area contributed by atoms with Crippen LogP contribution in [0.1, 0.15) is 35.5 Å². The minimum atomic E-state index is 0.557. The molecule has 0 saturated heterocycles. The highest BCUT2D eigenvalue weighted by atomic mass is 32.1. The van der Waals surface area contributed by atoms with Gasteiger partial charge in [-0.15, -0.1) is 22.7 Å². The Labute approximate surface area is 143 Å². The summed E-state index contributed by atoms with van der Waals surface area (Å²) in [6.07, 6.45) is 2.36. The molecule has 4 heterocycles. The maximum Gasteiger partial charge on any atom is 0.124 e. The summed E-state index contributed by atoms with van der Waals surface area (Å²) in [6, 6.07) is 5.03. The van der Waals surface area contributed by atoms with Gasteiger partial charge in [0, 0.05) is 40.3 Å². The second-order valence-electron chi connectivity index (χ2n) is 5.60. The van der Waals surface area contributed by atoms with Crippen LogP contribution in [0.4, 0.5) is 0 Å². The largest absolute Gasteiger partial charge is 0.290 e. The Kier molecular flexibility index (Phi) is 4.13. The van der Waals surface area contributed by atoms with Gasteiger partial charge >= 0.3 is 0 Å². The van der Waals surface area contributed by atoms with E-state index in [1.807, 2.05) is 11.3 Å². The maximum absolute atomic E-state index is 4.85. The molecule has 1 unspecified atom stereocenters. The van der Waals surface area contributed by atoms with Crippen molar-refractivity contribution < 1.29 is 0 Å². The highest BCUT2D eigenvalue weighted by Crippen LogP contribution is 2.36. The van der Waals surface area contributed by atoms with Crippen LogP contribution in [-0.4, -0.2) is 16.4 Å². The maximum atomic E-state index is 4.85. The fraction of sp³-hybridized carbons (Fsp3) is 0.353. The molecule has 0 saturated carbocycles. The average Bonchev–Trinajstić information content (AvgIpc) is 3.27. The molecule has 22 heavy (non-hydrogen) atoms. The third-order valence-corrected chi connectivity index (χ3v) is 6.90. The molecule has 0 N–H and O–H groups in total. The third-order valence-electron chi connectivity index (χ3n) is 4.28. The Morgan fingerprint density at radius 2 is 2.18 bits per heavy atom. The Hall–Kier alpha value is -1.01. The molecule has 4 rings (SSSR count). The molecule has 114 valence electrons. The van der Waals surface area contributed by atoms with E-state index in [0.717, 1.165) is 18.1 Å². The molecule has 0 amide bonds. The number of rotatable bonds is 4. The Balaban J connectivity index is 1.54. The van der Waals surface area contributed by atoms with E-state index in [9.17, 15) is 0 Å². The molecule has 0 bridgehead atoms. The molecule has 3 aromatic heterocycles. The second kappa shape index (κ2) is 6.24. The van der Waals surface area contributed by atoms with E-state index in [2.05, 4.69) is 45.5 Å². The van der Waals surface area contributed by atoms with Crippen LogP contribution in [0, 0.1) is 0 Å². The van der Waals surface area contributed by atoms with Gasteiger partial charge in [-0.2, -0.15) is 11.3 Å². The number of hydrogen-bond acceptors (Lipinski definition) is 5. The van der Waals surface area contributed by atoms with E-state index < -0.39 is 0 Å². The van der Waals surface area contributed by atoms with Gasteiger partial charge in [0.1, 0.15) is 5.01 Å². The van der Waals surface area contributed by atoms with Gasteiger partial charge in [0.05, 0.1) is 5.69 Å². The molecule has 1 aliphatic rings. The van der Waals surface area contributed by atoms with Gasteiger partial charge in [-0.3, -0.25) is 4.90 Å². The number of nitrogens with zero attached hydrogens (tertiary/aromatic N) is 2. The van der Waals surface area contributed by atoms with Crippen molar-refractivity contribution in [3.8, 4) is 10.6 Å². The fourth-order valence-corrected chi connectivity index (χ4v) is 5.67. The molecule has 2 nitrogen and oxygen atoms in total. The van der Waals surface area contributed by atoms with Gasteiger partial charge < -0.3 is 0 Å². The van der Waals surface area contributed by atoms with Crippen molar-refractivity contribution in [3.63, 3.8) is 0 Å². The van der Waals surface area contributed by atoms with Gasteiger partial charge in [0.15, 0.2) is 0 Å². The van der Waals surface area contributed by atoms with Crippen LogP contribution in [0.2, 0.25) is 0 Å². The van der Waals surface area contributed by atoms with Crippen molar-refractivity contribution in [2.45, 2.75) is 32.4 Å². The first-order chi connectivity index (χ1) is 10.8. The average molecular weight is 347 g/mol. The highest BCUT2D eigenvalue weighted by Gasteiger charge is 2.27. The van der Waals surface area contributed by atoms with E-state index in [-0.39, 0.29) is 0 Å². The Morgan fingerprint density at radius 1 is 1.23 bits per heavy atom. The zero-order valence-electron chi connectivity index (χ0n) is 12.5. The lowest BCUT2D eigenvalue weighted by molar-refractivity contribution is 0.171. The van der Waals surface area contributed by atoms with Crippen molar-refractivity contribution in [1.29, 1.82) is 0 Å². The topological polar surface area (TPSA) is 16.1 Å². The fourth-order valence-electron chi connectivity index (χ4n) is 3.22. The van der Waals surface area contributed by atoms with Gasteiger partial charge in [0.25, 0.3) is 0 Å². The normalized spacial score (nSPS) is 18.5. The summed E-state index contributed by atoms with van der Waals surface area (Å²) in [5, 5.41) is 9.91. The highest BCUT2D eigenvalue weighted by molar-refractivity contribution is 7.14. The van der Waals surface area contributed by atoms with E-state index >= 15 is 0 Å². The summed E-state index contributed by atoms with van der Waals surface area (Å²) in [4.78, 5) is 9.03. The van der Waals surface area contributed by atoms with Crippen LogP contribution < -0.4 is 0 Å². The van der Waals surface area contributed by atoms with Crippen LogP contribution in [0.3, 0.4) is 0 Å². The molecule has 0 spiro atoms. The molecule has 0 aromatic carbocycles. The third kappa shape index (κ3) is 2.67.